The topological polar surface area (TPSA) is 47.4 Å². The second-order valence-corrected chi connectivity index (χ2v) is 4.59. The van der Waals surface area contributed by atoms with E-state index in [0.717, 1.165) is 19.5 Å². The fourth-order valence-corrected chi connectivity index (χ4v) is 2.44. The standard InChI is InChI=1S/C11H15N3O2/c1-8-5-10(11(15)16-8)13-6-9(7-13)14-4-2-3-12-14/h2-4,8-10H,5-7H2,1H3/t8-,10+/m0/s1. The zero-order valence-corrected chi connectivity index (χ0v) is 9.24. The summed E-state index contributed by atoms with van der Waals surface area (Å²) in [6, 6.07) is 2.31. The van der Waals surface area contributed by atoms with Gasteiger partial charge in [-0.25, -0.2) is 0 Å². The van der Waals surface area contributed by atoms with Crippen LogP contribution < -0.4 is 0 Å². The normalized spacial score (nSPS) is 31.4. The summed E-state index contributed by atoms with van der Waals surface area (Å²) in [7, 11) is 0. The van der Waals surface area contributed by atoms with Gasteiger partial charge in [0.2, 0.25) is 0 Å². The molecule has 0 aromatic carbocycles. The van der Waals surface area contributed by atoms with Crippen molar-refractivity contribution in [2.75, 3.05) is 13.1 Å². The predicted molar refractivity (Wildman–Crippen MR) is 56.8 cm³/mol. The van der Waals surface area contributed by atoms with Crippen molar-refractivity contribution < 1.29 is 9.53 Å². The summed E-state index contributed by atoms with van der Waals surface area (Å²) in [6.45, 7) is 3.74. The molecular formula is C11H15N3O2. The van der Waals surface area contributed by atoms with Gasteiger partial charge in [-0.1, -0.05) is 0 Å². The number of rotatable bonds is 2. The largest absolute Gasteiger partial charge is 0.461 e. The molecule has 0 bridgehead atoms. The third-order valence-corrected chi connectivity index (χ3v) is 3.37. The lowest BCUT2D eigenvalue weighted by Crippen LogP contribution is -2.54. The van der Waals surface area contributed by atoms with Crippen molar-refractivity contribution in [1.82, 2.24) is 14.7 Å². The van der Waals surface area contributed by atoms with E-state index in [1.807, 2.05) is 23.9 Å². The maximum absolute atomic E-state index is 11.5. The Morgan fingerprint density at radius 3 is 2.88 bits per heavy atom. The molecule has 0 saturated carbocycles. The molecule has 0 radical (unpaired) electrons. The average molecular weight is 221 g/mol. The highest BCUT2D eigenvalue weighted by Gasteiger charge is 2.42. The Labute approximate surface area is 94.0 Å². The van der Waals surface area contributed by atoms with Crippen molar-refractivity contribution in [3.8, 4) is 0 Å². The van der Waals surface area contributed by atoms with Crippen LogP contribution in [-0.2, 0) is 9.53 Å². The van der Waals surface area contributed by atoms with Gasteiger partial charge in [0.25, 0.3) is 0 Å². The van der Waals surface area contributed by atoms with Crippen molar-refractivity contribution in [3.63, 3.8) is 0 Å². The molecule has 0 unspecified atom stereocenters. The molecule has 2 saturated heterocycles. The first-order valence-electron chi connectivity index (χ1n) is 5.67. The van der Waals surface area contributed by atoms with E-state index >= 15 is 0 Å². The minimum atomic E-state index is -0.0635. The van der Waals surface area contributed by atoms with Crippen LogP contribution in [-0.4, -0.2) is 45.9 Å². The van der Waals surface area contributed by atoms with E-state index in [-0.39, 0.29) is 18.1 Å². The monoisotopic (exact) mass is 221 g/mol. The quantitative estimate of drug-likeness (QED) is 0.680. The molecule has 1 aromatic heterocycles. The minimum Gasteiger partial charge on any atom is -0.461 e. The molecule has 0 spiro atoms. The molecule has 16 heavy (non-hydrogen) atoms. The van der Waals surface area contributed by atoms with Crippen LogP contribution in [0.5, 0.6) is 0 Å². The van der Waals surface area contributed by atoms with Crippen LogP contribution in [0.2, 0.25) is 0 Å². The molecule has 2 aliphatic rings. The highest BCUT2D eigenvalue weighted by atomic mass is 16.6. The van der Waals surface area contributed by atoms with E-state index in [9.17, 15) is 4.79 Å². The number of hydrogen-bond donors (Lipinski definition) is 0. The Morgan fingerprint density at radius 1 is 1.50 bits per heavy atom. The lowest BCUT2D eigenvalue weighted by atomic mass is 10.0. The SMILES string of the molecule is C[C@H]1C[C@@H](N2CC(n3cccn3)C2)C(=O)O1. The van der Waals surface area contributed by atoms with Gasteiger partial charge in [-0.05, 0) is 13.0 Å². The molecule has 0 N–H and O–H groups in total. The minimum absolute atomic E-state index is 0.0261. The first kappa shape index (κ1) is 9.84. The van der Waals surface area contributed by atoms with Gasteiger partial charge in [-0.2, -0.15) is 5.10 Å². The van der Waals surface area contributed by atoms with Gasteiger partial charge in [0.1, 0.15) is 12.1 Å². The number of esters is 1. The van der Waals surface area contributed by atoms with E-state index in [0.29, 0.717) is 6.04 Å². The van der Waals surface area contributed by atoms with Crippen molar-refractivity contribution in [2.45, 2.75) is 31.5 Å². The van der Waals surface area contributed by atoms with E-state index in [1.165, 1.54) is 0 Å². The number of ether oxygens (including phenoxy) is 1. The Hall–Kier alpha value is -1.36. The Bertz CT molecular complexity index is 384. The first-order chi connectivity index (χ1) is 7.74. The van der Waals surface area contributed by atoms with Crippen LogP contribution in [0.4, 0.5) is 0 Å². The smallest absolute Gasteiger partial charge is 0.323 e. The molecule has 86 valence electrons. The van der Waals surface area contributed by atoms with Gasteiger partial charge in [0, 0.05) is 31.9 Å². The van der Waals surface area contributed by atoms with Crippen LogP contribution in [0.25, 0.3) is 0 Å². The van der Waals surface area contributed by atoms with Crippen molar-refractivity contribution in [3.05, 3.63) is 18.5 Å². The summed E-state index contributed by atoms with van der Waals surface area (Å²) in [6.07, 6.45) is 4.65. The molecule has 2 aliphatic heterocycles. The Morgan fingerprint density at radius 2 is 2.31 bits per heavy atom. The zero-order chi connectivity index (χ0) is 11.1. The molecule has 5 nitrogen and oxygen atoms in total. The lowest BCUT2D eigenvalue weighted by Gasteiger charge is -2.41. The van der Waals surface area contributed by atoms with Crippen molar-refractivity contribution in [2.24, 2.45) is 0 Å². The summed E-state index contributed by atoms with van der Waals surface area (Å²) >= 11 is 0. The summed E-state index contributed by atoms with van der Waals surface area (Å²) < 4.78 is 7.11. The summed E-state index contributed by atoms with van der Waals surface area (Å²) in [5.74, 6) is -0.0635. The van der Waals surface area contributed by atoms with E-state index in [1.54, 1.807) is 6.20 Å². The molecule has 3 heterocycles. The Balaban J connectivity index is 1.59. The summed E-state index contributed by atoms with van der Waals surface area (Å²) in [5, 5.41) is 4.21. The van der Waals surface area contributed by atoms with Crippen LogP contribution in [0.15, 0.2) is 18.5 Å². The van der Waals surface area contributed by atoms with Crippen LogP contribution in [0.1, 0.15) is 19.4 Å². The van der Waals surface area contributed by atoms with Crippen LogP contribution >= 0.6 is 0 Å². The van der Waals surface area contributed by atoms with Gasteiger partial charge in [0.15, 0.2) is 0 Å². The maximum atomic E-state index is 11.5. The molecule has 0 aliphatic carbocycles. The van der Waals surface area contributed by atoms with E-state index < -0.39 is 0 Å². The third kappa shape index (κ3) is 1.51. The predicted octanol–water partition coefficient (Wildman–Crippen LogP) is 0.444. The number of aromatic nitrogens is 2. The van der Waals surface area contributed by atoms with Gasteiger partial charge < -0.3 is 4.74 Å². The molecule has 2 atom stereocenters. The number of cyclic esters (lactones) is 1. The zero-order valence-electron chi connectivity index (χ0n) is 9.24. The molecule has 2 fully saturated rings. The summed E-state index contributed by atoms with van der Waals surface area (Å²) in [4.78, 5) is 13.7. The Kier molecular flexibility index (Phi) is 2.21. The van der Waals surface area contributed by atoms with E-state index in [4.69, 9.17) is 4.74 Å². The highest BCUT2D eigenvalue weighted by Crippen LogP contribution is 2.28. The number of carbonyl (C=O) groups is 1. The fourth-order valence-electron chi connectivity index (χ4n) is 2.44. The second kappa shape index (κ2) is 3.59. The summed E-state index contributed by atoms with van der Waals surface area (Å²) in [5.41, 5.74) is 0. The first-order valence-corrected chi connectivity index (χ1v) is 5.67. The number of hydrogen-bond acceptors (Lipinski definition) is 4. The fraction of sp³-hybridized carbons (Fsp3) is 0.636. The van der Waals surface area contributed by atoms with E-state index in [2.05, 4.69) is 10.00 Å². The molecule has 1 aromatic rings. The van der Waals surface area contributed by atoms with Gasteiger partial charge in [-0.3, -0.25) is 14.4 Å². The van der Waals surface area contributed by atoms with Crippen LogP contribution in [0, 0.1) is 0 Å². The number of nitrogens with zero attached hydrogens (tertiary/aromatic N) is 3. The molecule has 3 rings (SSSR count). The molecular weight excluding hydrogens is 206 g/mol. The second-order valence-electron chi connectivity index (χ2n) is 4.59. The van der Waals surface area contributed by atoms with Crippen molar-refractivity contribution >= 4 is 5.97 Å². The molecule has 0 amide bonds. The lowest BCUT2D eigenvalue weighted by molar-refractivity contribution is -0.146. The average Bonchev–Trinajstić information content (AvgIpc) is 2.75. The molecule has 5 heteroatoms. The van der Waals surface area contributed by atoms with Crippen molar-refractivity contribution in [1.29, 1.82) is 0 Å². The van der Waals surface area contributed by atoms with Gasteiger partial charge in [0.05, 0.1) is 6.04 Å². The van der Waals surface area contributed by atoms with Gasteiger partial charge in [-0.15, -0.1) is 0 Å². The highest BCUT2D eigenvalue weighted by molar-refractivity contribution is 5.78. The number of carbonyl (C=O) groups excluding carboxylic acids is 1. The van der Waals surface area contributed by atoms with Gasteiger partial charge >= 0.3 is 5.97 Å². The van der Waals surface area contributed by atoms with Crippen LogP contribution in [0.3, 0.4) is 0 Å². The number of likely N-dealkylation sites (tertiary alicyclic amines) is 1. The maximum Gasteiger partial charge on any atom is 0.323 e. The third-order valence-electron chi connectivity index (χ3n) is 3.37.